The predicted octanol–water partition coefficient (Wildman–Crippen LogP) is 3.94. The minimum absolute atomic E-state index is 0.0563. The Morgan fingerprint density at radius 2 is 1.63 bits per heavy atom. The summed E-state index contributed by atoms with van der Waals surface area (Å²) in [5.74, 6) is -1.15. The molecule has 2 aromatic rings. The van der Waals surface area contributed by atoms with Gasteiger partial charge in [-0.1, -0.05) is 35.4 Å². The Bertz CT molecular complexity index is 806. The van der Waals surface area contributed by atoms with Crippen LogP contribution in [-0.2, 0) is 19.1 Å². The molecule has 27 heavy (non-hydrogen) atoms. The lowest BCUT2D eigenvalue weighted by molar-refractivity contribution is -0.147. The first kappa shape index (κ1) is 20.5. The molecule has 6 nitrogen and oxygen atoms in total. The van der Waals surface area contributed by atoms with Gasteiger partial charge in [0.1, 0.15) is 0 Å². The Morgan fingerprint density at radius 1 is 0.926 bits per heavy atom. The van der Waals surface area contributed by atoms with Crippen LogP contribution in [0.1, 0.15) is 24.8 Å². The summed E-state index contributed by atoms with van der Waals surface area (Å²) in [7, 11) is 0. The van der Waals surface area contributed by atoms with Gasteiger partial charge in [-0.2, -0.15) is 0 Å². The number of nitrogens with one attached hydrogen (secondary N) is 2. The zero-order valence-corrected chi connectivity index (χ0v) is 15.7. The van der Waals surface area contributed by atoms with Gasteiger partial charge in [-0.3, -0.25) is 14.4 Å². The van der Waals surface area contributed by atoms with Crippen molar-refractivity contribution in [3.63, 3.8) is 0 Å². The van der Waals surface area contributed by atoms with E-state index in [0.717, 1.165) is 5.56 Å². The highest BCUT2D eigenvalue weighted by Gasteiger charge is 2.10. The van der Waals surface area contributed by atoms with Crippen molar-refractivity contribution in [3.05, 3.63) is 59.1 Å². The third-order valence-electron chi connectivity index (χ3n) is 3.59. The number of amides is 2. The largest absolute Gasteiger partial charge is 0.456 e. The van der Waals surface area contributed by atoms with Crippen LogP contribution in [0.2, 0.25) is 5.02 Å². The summed E-state index contributed by atoms with van der Waals surface area (Å²) in [5.41, 5.74) is 2.32. The molecule has 0 radical (unpaired) electrons. The molecule has 2 aromatic carbocycles. The first-order valence-corrected chi connectivity index (χ1v) is 8.88. The summed E-state index contributed by atoms with van der Waals surface area (Å²) in [6.07, 6.45) is 0.544. The molecule has 7 heteroatoms. The summed E-state index contributed by atoms with van der Waals surface area (Å²) >= 11 is 5.85. The van der Waals surface area contributed by atoms with Crippen LogP contribution in [0.4, 0.5) is 11.4 Å². The second-order valence-corrected chi connectivity index (χ2v) is 6.42. The molecule has 0 aliphatic heterocycles. The first-order chi connectivity index (χ1) is 12.9. The number of hydrogen-bond donors (Lipinski definition) is 2. The highest BCUT2D eigenvalue weighted by Crippen LogP contribution is 2.15. The molecule has 0 aromatic heterocycles. The standard InChI is InChI=1S/C20H21ClN2O4/c1-14-8-10-16(11-9-14)22-19(25)13-27-20(26)7-3-6-18(24)23-17-5-2-4-15(21)12-17/h2,4-5,8-12H,3,6-7,13H2,1H3,(H,22,25)(H,23,24). The van der Waals surface area contributed by atoms with Crippen LogP contribution in [0, 0.1) is 6.92 Å². The van der Waals surface area contributed by atoms with Gasteiger partial charge in [-0.05, 0) is 43.7 Å². The number of carbonyl (C=O) groups excluding carboxylic acids is 3. The van der Waals surface area contributed by atoms with E-state index in [4.69, 9.17) is 16.3 Å². The average molecular weight is 389 g/mol. The predicted molar refractivity (Wildman–Crippen MR) is 105 cm³/mol. The normalized spacial score (nSPS) is 10.1. The van der Waals surface area contributed by atoms with Crippen molar-refractivity contribution in [2.24, 2.45) is 0 Å². The smallest absolute Gasteiger partial charge is 0.306 e. The maximum atomic E-state index is 11.8. The quantitative estimate of drug-likeness (QED) is 0.671. The molecule has 0 aliphatic rings. The molecule has 0 saturated heterocycles. The van der Waals surface area contributed by atoms with E-state index >= 15 is 0 Å². The molecule has 0 heterocycles. The zero-order valence-electron chi connectivity index (χ0n) is 15.0. The molecule has 0 bridgehead atoms. The number of esters is 1. The van der Waals surface area contributed by atoms with Crippen molar-refractivity contribution >= 4 is 40.8 Å². The minimum atomic E-state index is -0.524. The van der Waals surface area contributed by atoms with Crippen LogP contribution in [0.5, 0.6) is 0 Å². The van der Waals surface area contributed by atoms with Gasteiger partial charge in [0.05, 0.1) is 0 Å². The van der Waals surface area contributed by atoms with Crippen LogP contribution in [0.15, 0.2) is 48.5 Å². The fraction of sp³-hybridized carbons (Fsp3) is 0.250. The lowest BCUT2D eigenvalue weighted by Crippen LogP contribution is -2.21. The molecule has 0 fully saturated rings. The van der Waals surface area contributed by atoms with E-state index in [0.29, 0.717) is 22.8 Å². The van der Waals surface area contributed by atoms with Crippen LogP contribution >= 0.6 is 11.6 Å². The van der Waals surface area contributed by atoms with Crippen molar-refractivity contribution in [1.29, 1.82) is 0 Å². The first-order valence-electron chi connectivity index (χ1n) is 8.50. The molecule has 2 N–H and O–H groups in total. The molecule has 0 aliphatic carbocycles. The average Bonchev–Trinajstić information content (AvgIpc) is 2.62. The van der Waals surface area contributed by atoms with E-state index in [9.17, 15) is 14.4 Å². The van der Waals surface area contributed by atoms with E-state index in [-0.39, 0.29) is 25.4 Å². The summed E-state index contributed by atoms with van der Waals surface area (Å²) in [6, 6.07) is 14.1. The van der Waals surface area contributed by atoms with Gasteiger partial charge >= 0.3 is 5.97 Å². The fourth-order valence-corrected chi connectivity index (χ4v) is 2.43. The SMILES string of the molecule is Cc1ccc(NC(=O)COC(=O)CCCC(=O)Nc2cccc(Cl)c2)cc1. The van der Waals surface area contributed by atoms with E-state index < -0.39 is 11.9 Å². The van der Waals surface area contributed by atoms with Crippen molar-refractivity contribution < 1.29 is 19.1 Å². The lowest BCUT2D eigenvalue weighted by Gasteiger charge is -2.07. The van der Waals surface area contributed by atoms with Crippen molar-refractivity contribution in [1.82, 2.24) is 0 Å². The molecular formula is C20H21ClN2O4. The van der Waals surface area contributed by atoms with Gasteiger partial charge in [-0.15, -0.1) is 0 Å². The summed E-state index contributed by atoms with van der Waals surface area (Å²) in [6.45, 7) is 1.59. The van der Waals surface area contributed by atoms with Crippen molar-refractivity contribution in [2.45, 2.75) is 26.2 Å². The highest BCUT2D eigenvalue weighted by atomic mass is 35.5. The molecule has 0 atom stereocenters. The lowest BCUT2D eigenvalue weighted by atomic mass is 10.2. The van der Waals surface area contributed by atoms with E-state index in [1.54, 1.807) is 36.4 Å². The Balaban J connectivity index is 1.62. The number of aryl methyl sites for hydroxylation is 1. The van der Waals surface area contributed by atoms with Gasteiger partial charge in [-0.25, -0.2) is 0 Å². The maximum Gasteiger partial charge on any atom is 0.306 e. The van der Waals surface area contributed by atoms with Crippen LogP contribution in [0.3, 0.4) is 0 Å². The topological polar surface area (TPSA) is 84.5 Å². The summed E-state index contributed by atoms with van der Waals surface area (Å²) in [5, 5.41) is 5.87. The number of hydrogen-bond acceptors (Lipinski definition) is 4. The highest BCUT2D eigenvalue weighted by molar-refractivity contribution is 6.30. The monoisotopic (exact) mass is 388 g/mol. The van der Waals surface area contributed by atoms with E-state index in [1.807, 2.05) is 19.1 Å². The number of rotatable bonds is 8. The second-order valence-electron chi connectivity index (χ2n) is 5.99. The molecule has 0 saturated carbocycles. The Morgan fingerprint density at radius 3 is 2.33 bits per heavy atom. The summed E-state index contributed by atoms with van der Waals surface area (Å²) < 4.78 is 4.92. The fourth-order valence-electron chi connectivity index (χ4n) is 2.24. The summed E-state index contributed by atoms with van der Waals surface area (Å²) in [4.78, 5) is 35.3. The Labute approximate surface area is 162 Å². The molecule has 2 rings (SSSR count). The molecule has 142 valence electrons. The number of carbonyl (C=O) groups is 3. The van der Waals surface area contributed by atoms with Crippen LogP contribution in [-0.4, -0.2) is 24.4 Å². The number of anilines is 2. The molecule has 2 amide bonds. The number of ether oxygens (including phenoxy) is 1. The maximum absolute atomic E-state index is 11.8. The third-order valence-corrected chi connectivity index (χ3v) is 3.83. The van der Waals surface area contributed by atoms with Crippen LogP contribution < -0.4 is 10.6 Å². The van der Waals surface area contributed by atoms with E-state index in [2.05, 4.69) is 10.6 Å². The Hall–Kier alpha value is -2.86. The van der Waals surface area contributed by atoms with Crippen molar-refractivity contribution in [3.8, 4) is 0 Å². The zero-order chi connectivity index (χ0) is 19.6. The Kier molecular flexibility index (Phi) is 7.82. The van der Waals surface area contributed by atoms with E-state index in [1.165, 1.54) is 0 Å². The molecular weight excluding hydrogens is 368 g/mol. The van der Waals surface area contributed by atoms with Gasteiger partial charge in [0.2, 0.25) is 5.91 Å². The third kappa shape index (κ3) is 7.92. The molecule has 0 spiro atoms. The van der Waals surface area contributed by atoms with Gasteiger partial charge < -0.3 is 15.4 Å². The van der Waals surface area contributed by atoms with Crippen LogP contribution in [0.25, 0.3) is 0 Å². The van der Waals surface area contributed by atoms with Gasteiger partial charge in [0.25, 0.3) is 5.91 Å². The van der Waals surface area contributed by atoms with Gasteiger partial charge in [0, 0.05) is 29.2 Å². The minimum Gasteiger partial charge on any atom is -0.456 e. The molecule has 0 unspecified atom stereocenters. The number of benzene rings is 2. The van der Waals surface area contributed by atoms with Gasteiger partial charge in [0.15, 0.2) is 6.61 Å². The number of halogens is 1. The second kappa shape index (κ2) is 10.3. The van der Waals surface area contributed by atoms with Crippen molar-refractivity contribution in [2.75, 3.05) is 17.2 Å².